The van der Waals surface area contributed by atoms with Crippen molar-refractivity contribution in [3.05, 3.63) is 0 Å². The summed E-state index contributed by atoms with van der Waals surface area (Å²) in [6, 6.07) is 0. The van der Waals surface area contributed by atoms with Crippen molar-refractivity contribution in [1.82, 2.24) is 0 Å². The highest BCUT2D eigenvalue weighted by Crippen LogP contribution is 2.30. The second-order valence-corrected chi connectivity index (χ2v) is 40.5. The van der Waals surface area contributed by atoms with E-state index >= 15 is 0 Å². The van der Waals surface area contributed by atoms with Crippen LogP contribution in [-0.4, -0.2) is 11.7 Å². The van der Waals surface area contributed by atoms with Crippen molar-refractivity contribution < 1.29 is 5.11 Å². The van der Waals surface area contributed by atoms with Crippen LogP contribution in [0.5, 0.6) is 0 Å². The zero-order chi connectivity index (χ0) is 82.9. The Morgan fingerprint density at radius 1 is 0.0948 bits per heavy atom. The molecule has 1 nitrogen and oxygen atoms in total. The first kappa shape index (κ1) is 116. The summed E-state index contributed by atoms with van der Waals surface area (Å²) in [6.07, 6.45) is 161. The highest BCUT2D eigenvalue weighted by Gasteiger charge is 2.14. The van der Waals surface area contributed by atoms with Crippen molar-refractivity contribution >= 4 is 0 Å². The van der Waals surface area contributed by atoms with Gasteiger partial charge in [0.05, 0.1) is 0 Å². The predicted octanol–water partition coefficient (Wildman–Crippen LogP) is 43.8. The molecular weight excluding hydrogens is 1400 g/mol. The van der Waals surface area contributed by atoms with Gasteiger partial charge >= 0.3 is 0 Å². The standard InChI is InChI=1S/C115H232O/c1-4-7-10-13-16-19-22-25-28-31-33-35-37-39-41-43-45-47-49-51-53-55-57-59-61-63-65-67-71-76-81-86-91-96-101-108-115(109-102-97-92-87-82-77-72-68-66-64-62-60-58-56-54-52-50-48-46-44-42-40-38-36-34-32-29-26-23-20-17-14-11-8-5-2)112-105-104-111-114(107-100-95-90-85-80-75-70-30-27-24-21-18-15-12-9-6-3)110-103-98-93-88-83-78-73-69-74-79-84-89-94-99-106-113-116/h114-116H,4-113H2,1-3H3. The van der Waals surface area contributed by atoms with Gasteiger partial charge in [-0.1, -0.05) is 714 Å². The van der Waals surface area contributed by atoms with Crippen LogP contribution in [0.15, 0.2) is 0 Å². The smallest absolute Gasteiger partial charge is 0.0431 e. The summed E-state index contributed by atoms with van der Waals surface area (Å²) in [5.74, 6) is 2.00. The number of hydrogen-bond donors (Lipinski definition) is 1. The predicted molar refractivity (Wildman–Crippen MR) is 534 cm³/mol. The molecule has 1 heteroatoms. The summed E-state index contributed by atoms with van der Waals surface area (Å²) in [5.41, 5.74) is 0. The van der Waals surface area contributed by atoms with E-state index in [9.17, 15) is 0 Å². The maximum Gasteiger partial charge on any atom is 0.0431 e. The Morgan fingerprint density at radius 3 is 0.250 bits per heavy atom. The van der Waals surface area contributed by atoms with E-state index in [1.807, 2.05) is 0 Å². The summed E-state index contributed by atoms with van der Waals surface area (Å²) >= 11 is 0. The van der Waals surface area contributed by atoms with Crippen LogP contribution in [0.2, 0.25) is 0 Å². The molecule has 116 heavy (non-hydrogen) atoms. The fraction of sp³-hybridized carbons (Fsp3) is 1.00. The lowest BCUT2D eigenvalue weighted by molar-refractivity contribution is 0.282. The first-order chi connectivity index (χ1) is 57.8. The van der Waals surface area contributed by atoms with Crippen LogP contribution in [0.25, 0.3) is 0 Å². The van der Waals surface area contributed by atoms with Crippen LogP contribution >= 0.6 is 0 Å². The lowest BCUT2D eigenvalue weighted by Crippen LogP contribution is -2.04. The number of unbranched alkanes of at least 4 members (excludes halogenated alkanes) is 98. The fourth-order valence-electron chi connectivity index (χ4n) is 20.2. The molecule has 0 aromatic rings. The van der Waals surface area contributed by atoms with Crippen molar-refractivity contribution in [2.75, 3.05) is 6.61 Å². The Kier molecular flexibility index (Phi) is 111. The molecule has 1 unspecified atom stereocenters. The quantitative estimate of drug-likeness (QED) is 0.0602. The Morgan fingerprint density at radius 2 is 0.164 bits per heavy atom. The Labute approximate surface area is 739 Å². The van der Waals surface area contributed by atoms with E-state index in [0.717, 1.165) is 18.3 Å². The molecule has 0 rings (SSSR count). The molecule has 0 saturated heterocycles. The van der Waals surface area contributed by atoms with Crippen LogP contribution in [0.1, 0.15) is 721 Å². The van der Waals surface area contributed by atoms with Gasteiger partial charge in [-0.15, -0.1) is 0 Å². The van der Waals surface area contributed by atoms with Crippen molar-refractivity contribution in [3.8, 4) is 0 Å². The number of aliphatic hydroxyl groups is 1. The molecule has 0 saturated carbocycles. The van der Waals surface area contributed by atoms with Crippen molar-refractivity contribution in [2.24, 2.45) is 11.8 Å². The van der Waals surface area contributed by atoms with E-state index < -0.39 is 0 Å². The van der Waals surface area contributed by atoms with Crippen molar-refractivity contribution in [2.45, 2.75) is 721 Å². The second-order valence-electron chi connectivity index (χ2n) is 40.5. The third kappa shape index (κ3) is 106. The highest BCUT2D eigenvalue weighted by atomic mass is 16.3. The lowest BCUT2D eigenvalue weighted by Gasteiger charge is -2.20. The van der Waals surface area contributed by atoms with Gasteiger partial charge in [0.2, 0.25) is 0 Å². The second kappa shape index (κ2) is 111. The minimum absolute atomic E-state index is 0.375. The molecule has 0 amide bonds. The van der Waals surface area contributed by atoms with Gasteiger partial charge in [0, 0.05) is 6.61 Å². The highest BCUT2D eigenvalue weighted by molar-refractivity contribution is 4.68. The summed E-state index contributed by atoms with van der Waals surface area (Å²) in [4.78, 5) is 0. The molecule has 0 aliphatic carbocycles. The van der Waals surface area contributed by atoms with Gasteiger partial charge in [0.25, 0.3) is 0 Å². The molecule has 0 spiro atoms. The van der Waals surface area contributed by atoms with E-state index in [1.165, 1.54) is 693 Å². The number of rotatable bonds is 111. The van der Waals surface area contributed by atoms with Crippen LogP contribution < -0.4 is 0 Å². The van der Waals surface area contributed by atoms with Crippen LogP contribution in [0.3, 0.4) is 0 Å². The normalized spacial score (nSPS) is 12.2. The maximum atomic E-state index is 9.05. The molecular formula is C115H232O. The zero-order valence-corrected chi connectivity index (χ0v) is 82.4. The third-order valence-electron chi connectivity index (χ3n) is 28.6. The third-order valence-corrected chi connectivity index (χ3v) is 28.6. The van der Waals surface area contributed by atoms with Gasteiger partial charge in [-0.25, -0.2) is 0 Å². The molecule has 0 aromatic heterocycles. The molecule has 0 heterocycles. The average Bonchev–Trinajstić information content (AvgIpc) is 0.980. The van der Waals surface area contributed by atoms with E-state index in [4.69, 9.17) is 5.11 Å². The van der Waals surface area contributed by atoms with E-state index in [2.05, 4.69) is 20.8 Å². The molecule has 0 aliphatic rings. The molecule has 0 fully saturated rings. The molecule has 0 radical (unpaired) electrons. The zero-order valence-electron chi connectivity index (χ0n) is 82.4. The Bertz CT molecular complexity index is 1490. The van der Waals surface area contributed by atoms with E-state index in [1.54, 1.807) is 0 Å². The van der Waals surface area contributed by atoms with Gasteiger partial charge in [-0.3, -0.25) is 0 Å². The molecule has 0 bridgehead atoms. The van der Waals surface area contributed by atoms with Crippen molar-refractivity contribution in [1.29, 1.82) is 0 Å². The Balaban J connectivity index is 4.62. The summed E-state index contributed by atoms with van der Waals surface area (Å²) in [6.45, 7) is 7.36. The minimum atomic E-state index is 0.375. The SMILES string of the molecule is CCCCCCCCCCCCCCCCCCCCCCCCCCCCCCCCCCCCCC(CCCCCCCCCCCCCCCCCCCCCCCCCCCCCCCCCCCCC)CCCCC(CCCCCCCCCCCCCCCCCC)CCCCCCCCCCCCCCCCCO. The molecule has 698 valence electrons. The lowest BCUT2D eigenvalue weighted by atomic mass is 9.86. The van der Waals surface area contributed by atoms with Gasteiger partial charge in [-0.2, -0.15) is 0 Å². The summed E-state index contributed by atoms with van der Waals surface area (Å²) in [7, 11) is 0. The summed E-state index contributed by atoms with van der Waals surface area (Å²) < 4.78 is 0. The molecule has 0 aliphatic heterocycles. The monoisotopic (exact) mass is 1630 g/mol. The topological polar surface area (TPSA) is 20.2 Å². The first-order valence-electron chi connectivity index (χ1n) is 57.4. The van der Waals surface area contributed by atoms with Crippen LogP contribution in [0.4, 0.5) is 0 Å². The molecule has 0 aromatic carbocycles. The largest absolute Gasteiger partial charge is 0.396 e. The fourth-order valence-corrected chi connectivity index (χ4v) is 20.2. The van der Waals surface area contributed by atoms with E-state index in [-0.39, 0.29) is 0 Å². The van der Waals surface area contributed by atoms with Gasteiger partial charge in [0.15, 0.2) is 0 Å². The molecule has 1 N–H and O–H groups in total. The van der Waals surface area contributed by atoms with E-state index in [0.29, 0.717) is 6.61 Å². The Hall–Kier alpha value is -0.0400. The summed E-state index contributed by atoms with van der Waals surface area (Å²) in [5, 5.41) is 9.05. The van der Waals surface area contributed by atoms with Gasteiger partial charge in [-0.05, 0) is 18.3 Å². The van der Waals surface area contributed by atoms with Gasteiger partial charge < -0.3 is 5.11 Å². The van der Waals surface area contributed by atoms with Crippen LogP contribution in [-0.2, 0) is 0 Å². The number of hydrogen-bond acceptors (Lipinski definition) is 1. The minimum Gasteiger partial charge on any atom is -0.396 e. The van der Waals surface area contributed by atoms with Gasteiger partial charge in [0.1, 0.15) is 0 Å². The molecule has 1 atom stereocenters. The number of aliphatic hydroxyl groups excluding tert-OH is 1. The maximum absolute atomic E-state index is 9.05. The van der Waals surface area contributed by atoms with Crippen molar-refractivity contribution in [3.63, 3.8) is 0 Å². The van der Waals surface area contributed by atoms with Crippen LogP contribution in [0, 0.1) is 11.8 Å². The average molecular weight is 1630 g/mol. The first-order valence-corrected chi connectivity index (χ1v) is 57.4.